The molecule has 1 rings (SSSR count). The van der Waals surface area contributed by atoms with Gasteiger partial charge in [0, 0.05) is 4.91 Å². The molecule has 0 radical (unpaired) electrons. The van der Waals surface area contributed by atoms with E-state index in [0.29, 0.717) is 5.56 Å². The van der Waals surface area contributed by atoms with Crippen molar-refractivity contribution in [3.8, 4) is 0 Å². The second-order valence-electron chi connectivity index (χ2n) is 3.73. The van der Waals surface area contributed by atoms with Crippen LogP contribution in [0.15, 0.2) is 35.4 Å². The third-order valence-corrected chi connectivity index (χ3v) is 2.45. The number of amides is 1. The lowest BCUT2D eigenvalue weighted by atomic mass is 9.92. The van der Waals surface area contributed by atoms with Crippen molar-refractivity contribution in [3.05, 3.63) is 46.3 Å². The van der Waals surface area contributed by atoms with Crippen molar-refractivity contribution in [2.24, 2.45) is 5.11 Å². The van der Waals surface area contributed by atoms with Gasteiger partial charge in [0.25, 0.3) is 0 Å². The van der Waals surface area contributed by atoms with Crippen LogP contribution in [0, 0.1) is 0 Å². The first-order chi connectivity index (χ1) is 8.50. The van der Waals surface area contributed by atoms with Gasteiger partial charge in [0.2, 0.25) is 5.91 Å². The molecule has 2 N–H and O–H groups in total. The van der Waals surface area contributed by atoms with E-state index in [4.69, 9.17) is 5.53 Å². The average molecular weight is 248 g/mol. The fourth-order valence-corrected chi connectivity index (χ4v) is 1.43. The van der Waals surface area contributed by atoms with Gasteiger partial charge in [-0.3, -0.25) is 4.79 Å². The van der Waals surface area contributed by atoms with E-state index in [0.717, 1.165) is 0 Å². The molecule has 0 saturated heterocycles. The average Bonchev–Trinajstić information content (AvgIpc) is 2.37. The molecule has 0 saturated carbocycles. The molecule has 1 aromatic rings. The number of nitrogens with zero attached hydrogens (tertiary/aromatic N) is 3. The maximum Gasteiger partial charge on any atom is 0.333 e. The molecule has 1 atom stereocenters. The number of azide groups is 1. The topological polar surface area (TPSA) is 115 Å². The van der Waals surface area contributed by atoms with Gasteiger partial charge in [-0.1, -0.05) is 35.4 Å². The number of carbonyl (C=O) groups excluding carboxylic acids is 1. The molecule has 7 heteroatoms. The zero-order valence-corrected chi connectivity index (χ0v) is 9.70. The molecule has 0 bridgehead atoms. The van der Waals surface area contributed by atoms with Crippen molar-refractivity contribution in [2.75, 3.05) is 6.54 Å². The Bertz CT molecular complexity index is 496. The molecule has 7 nitrogen and oxygen atoms in total. The maximum absolute atomic E-state index is 11.5. The summed E-state index contributed by atoms with van der Waals surface area (Å²) in [7, 11) is 0. The van der Waals surface area contributed by atoms with Crippen molar-refractivity contribution in [1.29, 1.82) is 0 Å². The van der Waals surface area contributed by atoms with Gasteiger partial charge in [-0.2, -0.15) is 0 Å². The number of aliphatic carboxylic acids is 1. The molecule has 0 aliphatic carbocycles. The van der Waals surface area contributed by atoms with Crippen molar-refractivity contribution < 1.29 is 14.7 Å². The van der Waals surface area contributed by atoms with Crippen LogP contribution in [0.25, 0.3) is 10.4 Å². The number of carbonyl (C=O) groups is 2. The third-order valence-electron chi connectivity index (χ3n) is 2.45. The largest absolute Gasteiger partial charge is 0.479 e. The Hall–Kier alpha value is -2.53. The van der Waals surface area contributed by atoms with Crippen molar-refractivity contribution in [3.63, 3.8) is 0 Å². The number of hydrogen-bond acceptors (Lipinski definition) is 3. The highest BCUT2D eigenvalue weighted by Gasteiger charge is 2.36. The summed E-state index contributed by atoms with van der Waals surface area (Å²) in [6.45, 7) is 0.935. The lowest BCUT2D eigenvalue weighted by Gasteiger charge is -2.26. The van der Waals surface area contributed by atoms with Crippen LogP contribution in [0.2, 0.25) is 0 Å². The Kier molecular flexibility index (Phi) is 4.28. The van der Waals surface area contributed by atoms with Crippen LogP contribution in [0.1, 0.15) is 12.5 Å². The van der Waals surface area contributed by atoms with Crippen LogP contribution in [0.4, 0.5) is 0 Å². The van der Waals surface area contributed by atoms with Crippen molar-refractivity contribution in [2.45, 2.75) is 12.5 Å². The number of nitrogens with one attached hydrogen (secondary N) is 1. The maximum atomic E-state index is 11.5. The number of carboxylic acid groups (broad SMARTS) is 1. The molecular weight excluding hydrogens is 236 g/mol. The molecule has 1 aromatic carbocycles. The van der Waals surface area contributed by atoms with Gasteiger partial charge in [0.15, 0.2) is 5.54 Å². The second-order valence-corrected chi connectivity index (χ2v) is 3.73. The minimum atomic E-state index is -1.55. The fraction of sp³-hybridized carbons (Fsp3) is 0.273. The Labute approximate surface area is 103 Å². The van der Waals surface area contributed by atoms with Crippen LogP contribution in [-0.2, 0) is 15.1 Å². The number of benzene rings is 1. The van der Waals surface area contributed by atoms with Gasteiger partial charge in [-0.15, -0.1) is 0 Å². The summed E-state index contributed by atoms with van der Waals surface area (Å²) >= 11 is 0. The zero-order valence-electron chi connectivity index (χ0n) is 9.70. The molecular formula is C11H12N4O3. The molecule has 0 aliphatic rings. The Morgan fingerprint density at radius 2 is 2.06 bits per heavy atom. The molecule has 1 amide bonds. The smallest absolute Gasteiger partial charge is 0.333 e. The second kappa shape index (κ2) is 5.70. The van der Waals surface area contributed by atoms with Gasteiger partial charge < -0.3 is 10.4 Å². The molecule has 1 unspecified atom stereocenters. The Morgan fingerprint density at radius 3 is 2.56 bits per heavy atom. The first-order valence-corrected chi connectivity index (χ1v) is 5.11. The van der Waals surface area contributed by atoms with Crippen LogP contribution in [0.3, 0.4) is 0 Å². The SMILES string of the molecule is CC(NC(=O)CN=[N+]=[N-])(C(=O)O)c1ccccc1. The number of rotatable bonds is 5. The van der Waals surface area contributed by atoms with E-state index in [9.17, 15) is 14.7 Å². The minimum absolute atomic E-state index is 0.437. The van der Waals surface area contributed by atoms with E-state index in [-0.39, 0.29) is 0 Å². The van der Waals surface area contributed by atoms with E-state index in [2.05, 4.69) is 15.3 Å². The predicted molar refractivity (Wildman–Crippen MR) is 63.6 cm³/mol. The predicted octanol–water partition coefficient (Wildman–Crippen LogP) is 1.41. The third kappa shape index (κ3) is 2.99. The number of hydrogen-bond donors (Lipinski definition) is 2. The highest BCUT2D eigenvalue weighted by atomic mass is 16.4. The van der Waals surface area contributed by atoms with Crippen LogP contribution in [0.5, 0.6) is 0 Å². The molecule has 0 heterocycles. The molecule has 0 fully saturated rings. The summed E-state index contributed by atoms with van der Waals surface area (Å²) in [5.74, 6) is -1.84. The monoisotopic (exact) mass is 248 g/mol. The quantitative estimate of drug-likeness (QED) is 0.466. The van der Waals surface area contributed by atoms with Gasteiger partial charge in [-0.25, -0.2) is 4.79 Å². The van der Waals surface area contributed by atoms with Crippen molar-refractivity contribution in [1.82, 2.24) is 5.32 Å². The van der Waals surface area contributed by atoms with E-state index in [1.54, 1.807) is 30.3 Å². The van der Waals surface area contributed by atoms with Gasteiger partial charge >= 0.3 is 5.97 Å². The highest BCUT2D eigenvalue weighted by molar-refractivity contribution is 5.88. The van der Waals surface area contributed by atoms with Gasteiger partial charge in [0.1, 0.15) is 6.54 Å². The highest BCUT2D eigenvalue weighted by Crippen LogP contribution is 2.20. The fourth-order valence-electron chi connectivity index (χ4n) is 1.43. The normalized spacial score (nSPS) is 12.9. The van der Waals surface area contributed by atoms with Crippen molar-refractivity contribution >= 4 is 11.9 Å². The zero-order chi connectivity index (χ0) is 13.6. The molecule has 0 aromatic heterocycles. The Balaban J connectivity index is 2.99. The first-order valence-electron chi connectivity index (χ1n) is 5.11. The van der Waals surface area contributed by atoms with Crippen LogP contribution < -0.4 is 5.32 Å². The van der Waals surface area contributed by atoms with Gasteiger partial charge in [0.05, 0.1) is 0 Å². The summed E-state index contributed by atoms with van der Waals surface area (Å²) in [6, 6.07) is 8.30. The molecule has 94 valence electrons. The summed E-state index contributed by atoms with van der Waals surface area (Å²) in [5.41, 5.74) is 6.99. The van der Waals surface area contributed by atoms with E-state index >= 15 is 0 Å². The molecule has 18 heavy (non-hydrogen) atoms. The lowest BCUT2D eigenvalue weighted by Crippen LogP contribution is -2.50. The van der Waals surface area contributed by atoms with E-state index < -0.39 is 24.0 Å². The summed E-state index contributed by atoms with van der Waals surface area (Å²) in [5, 5.41) is 14.7. The summed E-state index contributed by atoms with van der Waals surface area (Å²) in [4.78, 5) is 25.2. The lowest BCUT2D eigenvalue weighted by molar-refractivity contribution is -0.147. The first kappa shape index (κ1) is 13.5. The van der Waals surface area contributed by atoms with Crippen LogP contribution in [-0.4, -0.2) is 23.5 Å². The molecule has 0 spiro atoms. The summed E-state index contributed by atoms with van der Waals surface area (Å²) in [6.07, 6.45) is 0. The minimum Gasteiger partial charge on any atom is -0.479 e. The van der Waals surface area contributed by atoms with E-state index in [1.807, 2.05) is 0 Å². The number of carboxylic acids is 1. The van der Waals surface area contributed by atoms with E-state index in [1.165, 1.54) is 6.92 Å². The summed E-state index contributed by atoms with van der Waals surface area (Å²) < 4.78 is 0. The van der Waals surface area contributed by atoms with Crippen LogP contribution >= 0.6 is 0 Å². The Morgan fingerprint density at radius 1 is 1.44 bits per heavy atom. The standard InChI is InChI=1S/C11H12N4O3/c1-11(10(17)18,8-5-3-2-4-6-8)14-9(16)7-13-15-12/h2-6H,7H2,1H3,(H,14,16)(H,17,18). The van der Waals surface area contributed by atoms with Gasteiger partial charge in [-0.05, 0) is 18.0 Å². The molecule has 0 aliphatic heterocycles.